The van der Waals surface area contributed by atoms with Gasteiger partial charge in [-0.1, -0.05) is 0 Å². The summed E-state index contributed by atoms with van der Waals surface area (Å²) in [5, 5.41) is 0. The number of methoxy groups -OCH3 is 1. The minimum absolute atomic E-state index is 0.265. The van der Waals surface area contributed by atoms with Crippen molar-refractivity contribution in [3.8, 4) is 0 Å². The lowest BCUT2D eigenvalue weighted by Gasteiger charge is -1.99. The van der Waals surface area contributed by atoms with E-state index in [1.165, 1.54) is 0 Å². The van der Waals surface area contributed by atoms with Crippen LogP contribution in [0, 0.1) is 11.6 Å². The SMILES string of the molecule is COC(=O)c1ccc([18F])cc1F. The van der Waals surface area contributed by atoms with Crippen LogP contribution in [0.15, 0.2) is 18.2 Å². The molecule has 0 atom stereocenters. The summed E-state index contributed by atoms with van der Waals surface area (Å²) in [4.78, 5) is 10.8. The van der Waals surface area contributed by atoms with Crippen molar-refractivity contribution in [2.24, 2.45) is 0 Å². The van der Waals surface area contributed by atoms with Gasteiger partial charge in [0.2, 0.25) is 0 Å². The summed E-state index contributed by atoms with van der Waals surface area (Å²) >= 11 is 0. The molecule has 0 aliphatic heterocycles. The minimum atomic E-state index is -0.915. The van der Waals surface area contributed by atoms with Crippen LogP contribution in [0.4, 0.5) is 8.78 Å². The topological polar surface area (TPSA) is 26.3 Å². The highest BCUT2D eigenvalue weighted by molar-refractivity contribution is 5.89. The first-order valence-corrected chi connectivity index (χ1v) is 3.18. The van der Waals surface area contributed by atoms with Gasteiger partial charge in [-0.25, -0.2) is 13.6 Å². The highest BCUT2D eigenvalue weighted by Gasteiger charge is 2.11. The van der Waals surface area contributed by atoms with Gasteiger partial charge in [-0.15, -0.1) is 0 Å². The van der Waals surface area contributed by atoms with Crippen molar-refractivity contribution >= 4 is 5.97 Å². The van der Waals surface area contributed by atoms with E-state index < -0.39 is 17.6 Å². The highest BCUT2D eigenvalue weighted by Crippen LogP contribution is 2.09. The van der Waals surface area contributed by atoms with Crippen LogP contribution in [0.3, 0.4) is 0 Å². The Morgan fingerprint density at radius 2 is 2.08 bits per heavy atom. The molecular weight excluding hydrogens is 165 g/mol. The van der Waals surface area contributed by atoms with Crippen LogP contribution in [0.2, 0.25) is 0 Å². The molecule has 4 heteroatoms. The first kappa shape index (κ1) is 8.64. The third-order valence-electron chi connectivity index (χ3n) is 1.34. The molecule has 0 saturated heterocycles. The molecular formula is C8H6F2O2. The fourth-order valence-electron chi connectivity index (χ4n) is 0.765. The van der Waals surface area contributed by atoms with Crippen molar-refractivity contribution < 1.29 is 18.3 Å². The van der Waals surface area contributed by atoms with Gasteiger partial charge in [-0.3, -0.25) is 0 Å². The first-order valence-electron chi connectivity index (χ1n) is 3.18. The molecule has 12 heavy (non-hydrogen) atoms. The third-order valence-corrected chi connectivity index (χ3v) is 1.34. The van der Waals surface area contributed by atoms with Crippen LogP contribution in [-0.2, 0) is 4.74 Å². The number of ether oxygens (including phenoxy) is 1. The van der Waals surface area contributed by atoms with E-state index in [2.05, 4.69) is 4.74 Å². The second-order valence-electron chi connectivity index (χ2n) is 2.12. The van der Waals surface area contributed by atoms with Gasteiger partial charge < -0.3 is 4.74 Å². The summed E-state index contributed by atoms with van der Waals surface area (Å²) in [5.41, 5.74) is -0.265. The molecule has 64 valence electrons. The van der Waals surface area contributed by atoms with Gasteiger partial charge in [0.25, 0.3) is 0 Å². The fourth-order valence-corrected chi connectivity index (χ4v) is 0.765. The Balaban J connectivity index is 3.09. The second-order valence-corrected chi connectivity index (χ2v) is 2.12. The smallest absolute Gasteiger partial charge is 0.340 e. The van der Waals surface area contributed by atoms with Crippen molar-refractivity contribution in [2.45, 2.75) is 0 Å². The van der Waals surface area contributed by atoms with E-state index in [1.807, 2.05) is 0 Å². The molecule has 2 nitrogen and oxygen atoms in total. The molecule has 0 saturated carbocycles. The zero-order valence-electron chi connectivity index (χ0n) is 6.30. The normalized spacial score (nSPS) is 9.58. The number of hydrogen-bond donors (Lipinski definition) is 0. The predicted octanol–water partition coefficient (Wildman–Crippen LogP) is 1.75. The van der Waals surface area contributed by atoms with Gasteiger partial charge in [-0.2, -0.15) is 0 Å². The lowest BCUT2D eigenvalue weighted by Crippen LogP contribution is -2.04. The van der Waals surface area contributed by atoms with Crippen LogP contribution in [0.5, 0.6) is 0 Å². The van der Waals surface area contributed by atoms with Gasteiger partial charge >= 0.3 is 5.97 Å². The lowest BCUT2D eigenvalue weighted by molar-refractivity contribution is 0.0595. The Kier molecular flexibility index (Phi) is 2.38. The Hall–Kier alpha value is -1.45. The molecule has 0 aromatic heterocycles. The van der Waals surface area contributed by atoms with E-state index in [9.17, 15) is 13.6 Å². The van der Waals surface area contributed by atoms with Crippen molar-refractivity contribution in [1.29, 1.82) is 0 Å². The fraction of sp³-hybridized carbons (Fsp3) is 0.125. The summed E-state index contributed by atoms with van der Waals surface area (Å²) < 4.78 is 29.3. The average Bonchev–Trinajstić information content (AvgIpc) is 2.03. The first-order chi connectivity index (χ1) is 5.65. The molecule has 0 fully saturated rings. The van der Waals surface area contributed by atoms with Gasteiger partial charge in [0.15, 0.2) is 0 Å². The van der Waals surface area contributed by atoms with Crippen LogP contribution in [0.25, 0.3) is 0 Å². The molecule has 0 amide bonds. The molecule has 0 N–H and O–H groups in total. The number of carbonyl (C=O) groups excluding carboxylic acids is 1. The van der Waals surface area contributed by atoms with E-state index in [-0.39, 0.29) is 5.56 Å². The maximum absolute atomic E-state index is 12.7. The molecule has 0 bridgehead atoms. The molecule has 1 aromatic rings. The number of benzene rings is 1. The zero-order chi connectivity index (χ0) is 9.14. The van der Waals surface area contributed by atoms with Crippen molar-refractivity contribution in [2.75, 3.05) is 7.11 Å². The van der Waals surface area contributed by atoms with Crippen molar-refractivity contribution in [3.63, 3.8) is 0 Å². The predicted molar refractivity (Wildman–Crippen MR) is 37.7 cm³/mol. The summed E-state index contributed by atoms with van der Waals surface area (Å²) in [5.74, 6) is -2.45. The van der Waals surface area contributed by atoms with Crippen LogP contribution in [0.1, 0.15) is 10.4 Å². The summed E-state index contributed by atoms with van der Waals surface area (Å²) in [6.45, 7) is 0. The number of halogens is 2. The summed E-state index contributed by atoms with van der Waals surface area (Å²) in [7, 11) is 1.13. The lowest BCUT2D eigenvalue weighted by atomic mass is 10.2. The maximum atomic E-state index is 12.7. The highest BCUT2D eigenvalue weighted by atomic mass is 19.1. The Morgan fingerprint density at radius 3 is 2.58 bits per heavy atom. The second kappa shape index (κ2) is 3.30. The molecule has 0 unspecified atom stereocenters. The molecule has 0 aliphatic carbocycles. The van der Waals surface area contributed by atoms with Gasteiger partial charge in [0.05, 0.1) is 12.7 Å². The standard InChI is InChI=1S/C8H6F2O2/c1-12-8(11)6-3-2-5(9)4-7(6)10/h2-4H,1H3/i9-1. The molecule has 0 heterocycles. The van der Waals surface area contributed by atoms with Gasteiger partial charge in [0.1, 0.15) is 11.6 Å². The molecule has 1 rings (SSSR count). The van der Waals surface area contributed by atoms with Crippen LogP contribution >= 0.6 is 0 Å². The monoisotopic (exact) mass is 171 g/mol. The minimum Gasteiger partial charge on any atom is -0.465 e. The quantitative estimate of drug-likeness (QED) is 0.601. The van der Waals surface area contributed by atoms with Gasteiger partial charge in [-0.05, 0) is 12.1 Å². The van der Waals surface area contributed by atoms with Crippen molar-refractivity contribution in [1.82, 2.24) is 0 Å². The van der Waals surface area contributed by atoms with Crippen molar-refractivity contribution in [3.05, 3.63) is 35.4 Å². The maximum Gasteiger partial charge on any atom is 0.340 e. The molecule has 0 spiro atoms. The van der Waals surface area contributed by atoms with E-state index in [1.54, 1.807) is 0 Å². The summed E-state index contributed by atoms with van der Waals surface area (Å²) in [6, 6.07) is 2.66. The third kappa shape index (κ3) is 1.58. The van der Waals surface area contributed by atoms with Crippen LogP contribution < -0.4 is 0 Å². The van der Waals surface area contributed by atoms with Gasteiger partial charge in [0, 0.05) is 6.07 Å². The Bertz CT molecular complexity index is 310. The van der Waals surface area contributed by atoms with E-state index in [0.717, 1.165) is 19.2 Å². The summed E-state index contributed by atoms with van der Waals surface area (Å²) in [6.07, 6.45) is 0. The number of rotatable bonds is 1. The van der Waals surface area contributed by atoms with E-state index in [4.69, 9.17) is 0 Å². The van der Waals surface area contributed by atoms with E-state index in [0.29, 0.717) is 6.07 Å². The molecule has 1 aromatic carbocycles. The average molecular weight is 171 g/mol. The molecule has 0 aliphatic rings. The molecule has 0 radical (unpaired) electrons. The number of carbonyl (C=O) groups is 1. The number of esters is 1. The Labute approximate surface area is 67.8 Å². The van der Waals surface area contributed by atoms with E-state index >= 15 is 0 Å². The van der Waals surface area contributed by atoms with Crippen LogP contribution in [-0.4, -0.2) is 13.1 Å². The largest absolute Gasteiger partial charge is 0.465 e. The number of hydrogen-bond acceptors (Lipinski definition) is 2. The zero-order valence-corrected chi connectivity index (χ0v) is 6.30. The Morgan fingerprint density at radius 1 is 1.42 bits per heavy atom.